The summed E-state index contributed by atoms with van der Waals surface area (Å²) in [5.41, 5.74) is 2.19. The van der Waals surface area contributed by atoms with Crippen LogP contribution in [0.5, 0.6) is 5.75 Å². The summed E-state index contributed by atoms with van der Waals surface area (Å²) in [6.07, 6.45) is 0. The molecule has 0 saturated heterocycles. The number of ether oxygens (including phenoxy) is 1. The molecule has 0 aromatic heterocycles. The minimum absolute atomic E-state index is 0.0700. The Labute approximate surface area is 102 Å². The number of fused-ring (bicyclic) bond motifs is 1. The van der Waals surface area contributed by atoms with Crippen LogP contribution in [0, 0.1) is 0 Å². The maximum Gasteiger partial charge on any atom is 0.224 e. The summed E-state index contributed by atoms with van der Waals surface area (Å²) in [5.74, 6) is 0.875. The molecule has 0 spiro atoms. The lowest BCUT2D eigenvalue weighted by molar-refractivity contribution is -0.116. The molecule has 2 rings (SSSR count). The van der Waals surface area contributed by atoms with Crippen molar-refractivity contribution in [2.45, 2.75) is 33.1 Å². The van der Waals surface area contributed by atoms with E-state index in [1.807, 2.05) is 6.07 Å². The van der Waals surface area contributed by atoms with E-state index >= 15 is 0 Å². The summed E-state index contributed by atoms with van der Waals surface area (Å²) in [5, 5.41) is 0. The van der Waals surface area contributed by atoms with Crippen molar-refractivity contribution in [3.8, 4) is 5.75 Å². The largest absolute Gasteiger partial charge is 0.490 e. The zero-order valence-electron chi connectivity index (χ0n) is 10.9. The van der Waals surface area contributed by atoms with Gasteiger partial charge in [0.05, 0.1) is 12.2 Å². The molecule has 0 N–H and O–H groups in total. The Morgan fingerprint density at radius 2 is 2.06 bits per heavy atom. The number of benzene rings is 1. The molecular formula is C14H19NO2. The quantitative estimate of drug-likeness (QED) is 0.689. The van der Waals surface area contributed by atoms with Crippen LogP contribution in [-0.4, -0.2) is 19.1 Å². The fraction of sp³-hybridized carbons (Fsp3) is 0.500. The molecule has 1 aromatic rings. The third kappa shape index (κ3) is 2.28. The lowest BCUT2D eigenvalue weighted by Crippen LogP contribution is -2.36. The molecule has 1 amide bonds. The van der Waals surface area contributed by atoms with Gasteiger partial charge in [-0.2, -0.15) is 0 Å². The Bertz CT molecular complexity index is 446. The maximum atomic E-state index is 11.6. The Hall–Kier alpha value is -1.51. The van der Waals surface area contributed by atoms with Crippen molar-refractivity contribution in [2.24, 2.45) is 0 Å². The van der Waals surface area contributed by atoms with Gasteiger partial charge in [0.2, 0.25) is 5.91 Å². The van der Waals surface area contributed by atoms with Crippen molar-refractivity contribution in [3.05, 3.63) is 23.8 Å². The molecule has 0 saturated carbocycles. The van der Waals surface area contributed by atoms with Crippen molar-refractivity contribution in [2.75, 3.05) is 18.1 Å². The maximum absolute atomic E-state index is 11.6. The van der Waals surface area contributed by atoms with Crippen LogP contribution in [0.1, 0.15) is 33.3 Å². The number of carbonyl (C=O) groups is 1. The lowest BCUT2D eigenvalue weighted by Gasteiger charge is -2.30. The lowest BCUT2D eigenvalue weighted by atomic mass is 9.86. The molecule has 1 aliphatic rings. The molecule has 1 aliphatic heterocycles. The van der Waals surface area contributed by atoms with Crippen LogP contribution in [0.3, 0.4) is 0 Å². The number of carbonyl (C=O) groups excluding carboxylic acids is 1. The molecule has 17 heavy (non-hydrogen) atoms. The van der Waals surface area contributed by atoms with Crippen LogP contribution in [0.25, 0.3) is 0 Å². The molecule has 3 nitrogen and oxygen atoms in total. The van der Waals surface area contributed by atoms with Gasteiger partial charge in [0.1, 0.15) is 12.4 Å². The smallest absolute Gasteiger partial charge is 0.224 e. The number of nitrogens with zero attached hydrogens (tertiary/aromatic N) is 1. The van der Waals surface area contributed by atoms with E-state index < -0.39 is 0 Å². The minimum atomic E-state index is 0.0700. The number of hydrogen-bond acceptors (Lipinski definition) is 2. The number of amides is 1. The molecule has 0 atom stereocenters. The summed E-state index contributed by atoms with van der Waals surface area (Å²) < 4.78 is 5.58. The fourth-order valence-electron chi connectivity index (χ4n) is 2.01. The first-order chi connectivity index (χ1) is 7.89. The normalized spacial score (nSPS) is 15.2. The van der Waals surface area contributed by atoms with Gasteiger partial charge in [-0.1, -0.05) is 26.8 Å². The highest BCUT2D eigenvalue weighted by molar-refractivity contribution is 5.93. The number of hydrogen-bond donors (Lipinski definition) is 0. The van der Waals surface area contributed by atoms with Gasteiger partial charge >= 0.3 is 0 Å². The van der Waals surface area contributed by atoms with Crippen LogP contribution in [0.4, 0.5) is 5.69 Å². The monoisotopic (exact) mass is 233 g/mol. The molecule has 0 radical (unpaired) electrons. The van der Waals surface area contributed by atoms with Crippen molar-refractivity contribution in [3.63, 3.8) is 0 Å². The highest BCUT2D eigenvalue weighted by Crippen LogP contribution is 2.35. The summed E-state index contributed by atoms with van der Waals surface area (Å²) >= 11 is 0. The molecule has 1 heterocycles. The predicted octanol–water partition coefficient (Wildman–Crippen LogP) is 2.73. The Morgan fingerprint density at radius 3 is 2.65 bits per heavy atom. The van der Waals surface area contributed by atoms with Crippen molar-refractivity contribution < 1.29 is 9.53 Å². The molecule has 3 heteroatoms. The standard InChI is InChI=1S/C14H19NO2/c1-10(16)15-7-8-17-13-6-5-11(9-12(13)15)14(2,3)4/h5-6,9H,7-8H2,1-4H3. The third-order valence-electron chi connectivity index (χ3n) is 3.07. The predicted molar refractivity (Wildman–Crippen MR) is 68.7 cm³/mol. The van der Waals surface area contributed by atoms with Gasteiger partial charge in [-0.05, 0) is 23.1 Å². The van der Waals surface area contributed by atoms with Gasteiger partial charge in [-0.3, -0.25) is 4.79 Å². The second-order valence-corrected chi connectivity index (χ2v) is 5.45. The average Bonchev–Trinajstić information content (AvgIpc) is 2.26. The Morgan fingerprint density at radius 1 is 1.35 bits per heavy atom. The molecule has 0 fully saturated rings. The molecule has 92 valence electrons. The number of rotatable bonds is 0. The van der Waals surface area contributed by atoms with Crippen molar-refractivity contribution >= 4 is 11.6 Å². The van der Waals surface area contributed by atoms with Crippen LogP contribution in [0.2, 0.25) is 0 Å². The highest BCUT2D eigenvalue weighted by Gasteiger charge is 2.23. The van der Waals surface area contributed by atoms with E-state index in [1.54, 1.807) is 11.8 Å². The summed E-state index contributed by atoms with van der Waals surface area (Å²) in [4.78, 5) is 13.4. The van der Waals surface area contributed by atoms with Crippen LogP contribution < -0.4 is 9.64 Å². The van der Waals surface area contributed by atoms with E-state index in [2.05, 4.69) is 32.9 Å². The van der Waals surface area contributed by atoms with E-state index in [4.69, 9.17) is 4.74 Å². The summed E-state index contributed by atoms with van der Waals surface area (Å²) in [7, 11) is 0. The zero-order valence-corrected chi connectivity index (χ0v) is 10.9. The van der Waals surface area contributed by atoms with E-state index in [0.29, 0.717) is 13.2 Å². The van der Waals surface area contributed by atoms with Crippen molar-refractivity contribution in [1.82, 2.24) is 0 Å². The zero-order chi connectivity index (χ0) is 12.6. The van der Waals surface area contributed by atoms with E-state index in [9.17, 15) is 4.79 Å². The van der Waals surface area contributed by atoms with Gasteiger partial charge in [-0.15, -0.1) is 0 Å². The van der Waals surface area contributed by atoms with Gasteiger partial charge in [-0.25, -0.2) is 0 Å². The van der Waals surface area contributed by atoms with E-state index in [-0.39, 0.29) is 11.3 Å². The van der Waals surface area contributed by atoms with Gasteiger partial charge in [0.15, 0.2) is 0 Å². The average molecular weight is 233 g/mol. The van der Waals surface area contributed by atoms with Crippen LogP contribution in [-0.2, 0) is 10.2 Å². The van der Waals surface area contributed by atoms with Gasteiger partial charge in [0, 0.05) is 6.92 Å². The Kier molecular flexibility index (Phi) is 2.86. The SMILES string of the molecule is CC(=O)N1CCOc2ccc(C(C)(C)C)cc21. The second kappa shape index (κ2) is 4.06. The minimum Gasteiger partial charge on any atom is -0.490 e. The number of anilines is 1. The topological polar surface area (TPSA) is 29.5 Å². The first-order valence-corrected chi connectivity index (χ1v) is 5.95. The first kappa shape index (κ1) is 12.0. The van der Waals surface area contributed by atoms with E-state index in [1.165, 1.54) is 5.56 Å². The molecular weight excluding hydrogens is 214 g/mol. The first-order valence-electron chi connectivity index (χ1n) is 5.95. The second-order valence-electron chi connectivity index (χ2n) is 5.45. The van der Waals surface area contributed by atoms with E-state index in [0.717, 1.165) is 11.4 Å². The van der Waals surface area contributed by atoms with Crippen LogP contribution in [0.15, 0.2) is 18.2 Å². The molecule has 0 aliphatic carbocycles. The summed E-state index contributed by atoms with van der Waals surface area (Å²) in [6, 6.07) is 6.10. The van der Waals surface area contributed by atoms with Crippen molar-refractivity contribution in [1.29, 1.82) is 0 Å². The Balaban J connectivity index is 2.48. The fourth-order valence-corrected chi connectivity index (χ4v) is 2.01. The van der Waals surface area contributed by atoms with Gasteiger partial charge < -0.3 is 9.64 Å². The molecule has 0 bridgehead atoms. The van der Waals surface area contributed by atoms with Gasteiger partial charge in [0.25, 0.3) is 0 Å². The molecule has 1 aromatic carbocycles. The third-order valence-corrected chi connectivity index (χ3v) is 3.07. The van der Waals surface area contributed by atoms with Crippen LogP contribution >= 0.6 is 0 Å². The highest BCUT2D eigenvalue weighted by atomic mass is 16.5. The molecule has 0 unspecified atom stereocenters. The summed E-state index contributed by atoms with van der Waals surface area (Å²) in [6.45, 7) is 9.29.